The molecule has 0 saturated carbocycles. The van der Waals surface area contributed by atoms with Gasteiger partial charge in [-0.3, -0.25) is 0 Å². The van der Waals surface area contributed by atoms with Crippen molar-refractivity contribution in [3.05, 3.63) is 78.1 Å². The number of benzene rings is 3. The summed E-state index contributed by atoms with van der Waals surface area (Å²) in [5, 5.41) is 1.48. The normalized spacial score (nSPS) is 11.3. The predicted molar refractivity (Wildman–Crippen MR) is 104 cm³/mol. The zero-order chi connectivity index (χ0) is 17.6. The van der Waals surface area contributed by atoms with Crippen molar-refractivity contribution in [3.8, 4) is 16.9 Å². The van der Waals surface area contributed by atoms with E-state index in [0.29, 0.717) is 17.6 Å². The van der Waals surface area contributed by atoms with E-state index in [9.17, 15) is 4.39 Å². The minimum Gasteiger partial charge on any atom is -0.494 e. The molecular weight excluding hydrogens is 311 g/mol. The maximum Gasteiger partial charge on any atom is 0.138 e. The number of halogens is 1. The van der Waals surface area contributed by atoms with Crippen LogP contribution in [0.25, 0.3) is 21.9 Å². The Kier molecular flexibility index (Phi) is 5.49. The third-order valence-electron chi connectivity index (χ3n) is 4.34. The largest absolute Gasteiger partial charge is 0.494 e. The van der Waals surface area contributed by atoms with Crippen LogP contribution in [0.15, 0.2) is 66.7 Å². The number of hydrogen-bond acceptors (Lipinski definition) is 1. The molecule has 128 valence electrons. The molecule has 0 heterocycles. The van der Waals surface area contributed by atoms with Crippen molar-refractivity contribution in [3.63, 3.8) is 0 Å². The molecule has 0 aromatic heterocycles. The molecule has 3 aromatic rings. The van der Waals surface area contributed by atoms with Crippen LogP contribution in [0.1, 0.15) is 25.8 Å². The second kappa shape index (κ2) is 7.98. The Bertz CT molecular complexity index is 878. The maximum atomic E-state index is 15.0. The fourth-order valence-electron chi connectivity index (χ4n) is 3.02. The van der Waals surface area contributed by atoms with Crippen molar-refractivity contribution >= 4 is 10.8 Å². The average Bonchev–Trinajstić information content (AvgIpc) is 2.63. The summed E-state index contributed by atoms with van der Waals surface area (Å²) in [4.78, 5) is 0. The van der Waals surface area contributed by atoms with E-state index in [0.717, 1.165) is 29.5 Å². The lowest BCUT2D eigenvalue weighted by Gasteiger charge is -2.10. The van der Waals surface area contributed by atoms with E-state index in [2.05, 4.69) is 24.3 Å². The van der Waals surface area contributed by atoms with Gasteiger partial charge in [0.05, 0.1) is 6.61 Å². The smallest absolute Gasteiger partial charge is 0.138 e. The van der Waals surface area contributed by atoms with Gasteiger partial charge in [-0.1, -0.05) is 48.6 Å². The molecule has 0 aliphatic carbocycles. The Balaban J connectivity index is 1.90. The average molecular weight is 334 g/mol. The van der Waals surface area contributed by atoms with Gasteiger partial charge in [0.1, 0.15) is 11.6 Å². The number of allylic oxidation sites excluding steroid dienone is 2. The molecular formula is C23H23FO. The Morgan fingerprint density at radius 1 is 1.00 bits per heavy atom. The lowest BCUT2D eigenvalue weighted by molar-refractivity contribution is 0.340. The number of aryl methyl sites for hydroxylation is 1. The van der Waals surface area contributed by atoms with Gasteiger partial charge in [-0.2, -0.15) is 0 Å². The Hall–Kier alpha value is -2.61. The van der Waals surface area contributed by atoms with Crippen molar-refractivity contribution in [1.29, 1.82) is 0 Å². The van der Waals surface area contributed by atoms with Gasteiger partial charge in [0.2, 0.25) is 0 Å². The van der Waals surface area contributed by atoms with Gasteiger partial charge in [0.15, 0.2) is 0 Å². The van der Waals surface area contributed by atoms with Gasteiger partial charge >= 0.3 is 0 Å². The Morgan fingerprint density at radius 2 is 1.80 bits per heavy atom. The third-order valence-corrected chi connectivity index (χ3v) is 4.34. The first-order chi connectivity index (χ1) is 12.2. The van der Waals surface area contributed by atoms with E-state index in [1.54, 1.807) is 6.07 Å². The molecule has 0 saturated heterocycles. The van der Waals surface area contributed by atoms with Crippen LogP contribution < -0.4 is 4.74 Å². The van der Waals surface area contributed by atoms with E-state index < -0.39 is 0 Å². The Morgan fingerprint density at radius 3 is 2.52 bits per heavy atom. The van der Waals surface area contributed by atoms with E-state index in [1.807, 2.05) is 50.2 Å². The van der Waals surface area contributed by atoms with E-state index in [-0.39, 0.29) is 5.82 Å². The summed E-state index contributed by atoms with van der Waals surface area (Å²) >= 11 is 0. The van der Waals surface area contributed by atoms with Gasteiger partial charge in [-0.25, -0.2) is 4.39 Å². The van der Waals surface area contributed by atoms with Crippen LogP contribution in [0.4, 0.5) is 4.39 Å². The standard InChI is InChI=1S/C23H23FO/c1-3-5-6-7-17-8-10-18(11-9-17)21-14-12-19-16-20(25-4-2)13-15-22(19)23(21)24/h3,5,8-16H,4,6-7H2,1-2H3/b5-3+. The summed E-state index contributed by atoms with van der Waals surface area (Å²) in [7, 11) is 0. The van der Waals surface area contributed by atoms with E-state index in [1.165, 1.54) is 5.56 Å². The van der Waals surface area contributed by atoms with E-state index in [4.69, 9.17) is 4.74 Å². The molecule has 0 fully saturated rings. The summed E-state index contributed by atoms with van der Waals surface area (Å²) in [6.07, 6.45) is 6.26. The van der Waals surface area contributed by atoms with Crippen LogP contribution in [0.2, 0.25) is 0 Å². The van der Waals surface area contributed by atoms with Crippen LogP contribution in [-0.4, -0.2) is 6.61 Å². The molecule has 0 spiro atoms. The molecule has 1 nitrogen and oxygen atoms in total. The van der Waals surface area contributed by atoms with Crippen LogP contribution in [0, 0.1) is 5.82 Å². The quantitative estimate of drug-likeness (QED) is 0.464. The maximum absolute atomic E-state index is 15.0. The second-order valence-electron chi connectivity index (χ2n) is 6.05. The summed E-state index contributed by atoms with van der Waals surface area (Å²) in [5.41, 5.74) is 2.81. The highest BCUT2D eigenvalue weighted by Crippen LogP contribution is 2.31. The van der Waals surface area contributed by atoms with Crippen molar-refractivity contribution in [2.45, 2.75) is 26.7 Å². The van der Waals surface area contributed by atoms with Gasteiger partial charge < -0.3 is 4.74 Å². The third kappa shape index (κ3) is 3.90. The minimum atomic E-state index is -0.179. The molecule has 0 atom stereocenters. The van der Waals surface area contributed by atoms with Gasteiger partial charge in [-0.15, -0.1) is 0 Å². The summed E-state index contributed by atoms with van der Waals surface area (Å²) in [5.74, 6) is 0.592. The highest BCUT2D eigenvalue weighted by molar-refractivity contribution is 5.89. The lowest BCUT2D eigenvalue weighted by atomic mass is 9.98. The van der Waals surface area contributed by atoms with Crippen molar-refractivity contribution in [1.82, 2.24) is 0 Å². The van der Waals surface area contributed by atoms with Crippen molar-refractivity contribution in [2.24, 2.45) is 0 Å². The van der Waals surface area contributed by atoms with Crippen LogP contribution in [0.5, 0.6) is 5.75 Å². The fraction of sp³-hybridized carbons (Fsp3) is 0.217. The first-order valence-electron chi connectivity index (χ1n) is 8.78. The zero-order valence-corrected chi connectivity index (χ0v) is 14.8. The highest BCUT2D eigenvalue weighted by Gasteiger charge is 2.10. The summed E-state index contributed by atoms with van der Waals surface area (Å²) in [6, 6.07) is 17.5. The topological polar surface area (TPSA) is 9.23 Å². The number of rotatable bonds is 6. The van der Waals surface area contributed by atoms with Crippen LogP contribution in [-0.2, 0) is 6.42 Å². The monoisotopic (exact) mass is 334 g/mol. The first kappa shape index (κ1) is 17.2. The van der Waals surface area contributed by atoms with E-state index >= 15 is 0 Å². The van der Waals surface area contributed by atoms with Crippen molar-refractivity contribution < 1.29 is 9.13 Å². The highest BCUT2D eigenvalue weighted by atomic mass is 19.1. The SMILES string of the molecule is C/C=C/CCc1ccc(-c2ccc3cc(OCC)ccc3c2F)cc1. The summed E-state index contributed by atoms with van der Waals surface area (Å²) < 4.78 is 20.5. The van der Waals surface area contributed by atoms with Gasteiger partial charge in [0, 0.05) is 10.9 Å². The first-order valence-corrected chi connectivity index (χ1v) is 8.78. The molecule has 0 aliphatic rings. The number of ether oxygens (including phenoxy) is 1. The predicted octanol–water partition coefficient (Wildman–Crippen LogP) is 6.55. The lowest BCUT2D eigenvalue weighted by Crippen LogP contribution is -1.92. The second-order valence-corrected chi connectivity index (χ2v) is 6.05. The zero-order valence-electron chi connectivity index (χ0n) is 14.8. The molecule has 0 aliphatic heterocycles. The Labute approximate surface area is 148 Å². The molecule has 0 bridgehead atoms. The molecule has 0 unspecified atom stereocenters. The number of hydrogen-bond donors (Lipinski definition) is 0. The number of fused-ring (bicyclic) bond motifs is 1. The molecule has 0 radical (unpaired) electrons. The fourth-order valence-corrected chi connectivity index (χ4v) is 3.02. The summed E-state index contributed by atoms with van der Waals surface area (Å²) in [6.45, 7) is 4.57. The van der Waals surface area contributed by atoms with Crippen LogP contribution in [0.3, 0.4) is 0 Å². The van der Waals surface area contributed by atoms with Crippen molar-refractivity contribution in [2.75, 3.05) is 6.61 Å². The molecule has 25 heavy (non-hydrogen) atoms. The molecule has 0 N–H and O–H groups in total. The molecule has 3 rings (SSSR count). The molecule has 3 aromatic carbocycles. The molecule has 2 heteroatoms. The molecule has 0 amide bonds. The van der Waals surface area contributed by atoms with Crippen LogP contribution >= 0.6 is 0 Å². The van der Waals surface area contributed by atoms with Gasteiger partial charge in [-0.05, 0) is 61.4 Å². The minimum absolute atomic E-state index is 0.179. The van der Waals surface area contributed by atoms with Gasteiger partial charge in [0.25, 0.3) is 0 Å².